The van der Waals surface area contributed by atoms with Crippen molar-refractivity contribution in [1.82, 2.24) is 10.2 Å². The van der Waals surface area contributed by atoms with Crippen LogP contribution in [0.25, 0.3) is 0 Å². The lowest BCUT2D eigenvalue weighted by Gasteiger charge is -2.22. The molecule has 2 amide bonds. The van der Waals surface area contributed by atoms with Gasteiger partial charge < -0.3 is 19.4 Å². The number of nitrogens with zero attached hydrogens (tertiary/aromatic N) is 1. The van der Waals surface area contributed by atoms with Gasteiger partial charge in [-0.25, -0.2) is 4.39 Å². The zero-order valence-electron chi connectivity index (χ0n) is 14.1. The Morgan fingerprint density at radius 2 is 2.15 bits per heavy atom. The summed E-state index contributed by atoms with van der Waals surface area (Å²) in [6, 6.07) is 8.99. The molecule has 1 aromatic heterocycles. The van der Waals surface area contributed by atoms with Crippen molar-refractivity contribution in [2.75, 3.05) is 13.2 Å². The Kier molecular flexibility index (Phi) is 4.46. The summed E-state index contributed by atoms with van der Waals surface area (Å²) in [5.41, 5.74) is 0.285. The predicted molar refractivity (Wildman–Crippen MR) is 89.6 cm³/mol. The maximum absolute atomic E-state index is 13.5. The molecule has 0 aliphatic carbocycles. The molecular formula is C19H19FN2O4. The number of furan rings is 1. The fourth-order valence-electron chi connectivity index (χ4n) is 3.74. The van der Waals surface area contributed by atoms with Crippen LogP contribution in [0, 0.1) is 11.7 Å². The van der Waals surface area contributed by atoms with Gasteiger partial charge in [-0.1, -0.05) is 6.07 Å². The smallest absolute Gasteiger partial charge is 0.254 e. The summed E-state index contributed by atoms with van der Waals surface area (Å²) in [6.45, 7) is 1.05. The van der Waals surface area contributed by atoms with Crippen LogP contribution in [0.15, 0.2) is 47.1 Å². The van der Waals surface area contributed by atoms with Crippen molar-refractivity contribution in [2.24, 2.45) is 5.92 Å². The summed E-state index contributed by atoms with van der Waals surface area (Å²) in [6.07, 6.45) is 1.89. The maximum atomic E-state index is 13.5. The molecule has 2 aliphatic heterocycles. The van der Waals surface area contributed by atoms with Crippen LogP contribution in [0.3, 0.4) is 0 Å². The lowest BCUT2D eigenvalue weighted by molar-refractivity contribution is -0.127. The molecule has 0 bridgehead atoms. The van der Waals surface area contributed by atoms with Crippen LogP contribution >= 0.6 is 0 Å². The summed E-state index contributed by atoms with van der Waals surface area (Å²) in [7, 11) is 0. The fraction of sp³-hybridized carbons (Fsp3) is 0.368. The lowest BCUT2D eigenvalue weighted by Crippen LogP contribution is -2.37. The van der Waals surface area contributed by atoms with Crippen molar-refractivity contribution in [3.05, 3.63) is 59.8 Å². The Morgan fingerprint density at radius 1 is 1.27 bits per heavy atom. The predicted octanol–water partition coefficient (Wildman–Crippen LogP) is 1.96. The van der Waals surface area contributed by atoms with E-state index in [1.807, 2.05) is 0 Å². The zero-order chi connectivity index (χ0) is 18.1. The van der Waals surface area contributed by atoms with Crippen LogP contribution in [0.2, 0.25) is 0 Å². The van der Waals surface area contributed by atoms with Gasteiger partial charge in [0.2, 0.25) is 5.91 Å². The highest BCUT2D eigenvalue weighted by Gasteiger charge is 2.50. The molecule has 1 N–H and O–H groups in total. The summed E-state index contributed by atoms with van der Waals surface area (Å²) in [5.74, 6) is -0.691. The second kappa shape index (κ2) is 6.92. The molecule has 4 rings (SSSR count). The van der Waals surface area contributed by atoms with E-state index in [1.165, 1.54) is 18.2 Å². The second-order valence-corrected chi connectivity index (χ2v) is 6.56. The van der Waals surface area contributed by atoms with Gasteiger partial charge in [-0.3, -0.25) is 9.59 Å². The minimum Gasteiger partial charge on any atom is -0.467 e. The van der Waals surface area contributed by atoms with Crippen molar-refractivity contribution < 1.29 is 23.1 Å². The number of benzene rings is 1. The molecule has 0 spiro atoms. The SMILES string of the molecule is O=C(NCc1ccco1)C1CN(C(=O)c2cccc(F)c2)C2CCOC12. The van der Waals surface area contributed by atoms with E-state index in [9.17, 15) is 14.0 Å². The van der Waals surface area contributed by atoms with Crippen LogP contribution in [0.5, 0.6) is 0 Å². The number of fused-ring (bicyclic) bond motifs is 1. The molecule has 6 nitrogen and oxygen atoms in total. The van der Waals surface area contributed by atoms with E-state index in [0.29, 0.717) is 18.8 Å². The highest BCUT2D eigenvalue weighted by molar-refractivity contribution is 5.95. The molecule has 0 radical (unpaired) electrons. The van der Waals surface area contributed by atoms with Gasteiger partial charge in [0.25, 0.3) is 5.91 Å². The van der Waals surface area contributed by atoms with Crippen LogP contribution in [0.4, 0.5) is 4.39 Å². The van der Waals surface area contributed by atoms with E-state index in [-0.39, 0.29) is 42.6 Å². The van der Waals surface area contributed by atoms with Crippen LogP contribution in [-0.2, 0) is 16.1 Å². The van der Waals surface area contributed by atoms with Gasteiger partial charge in [-0.2, -0.15) is 0 Å². The molecular weight excluding hydrogens is 339 g/mol. The lowest BCUT2D eigenvalue weighted by atomic mass is 10.0. The highest BCUT2D eigenvalue weighted by atomic mass is 19.1. The Hall–Kier alpha value is -2.67. The standard InChI is InChI=1S/C19H19FN2O4/c20-13-4-1-3-12(9-13)19(24)22-11-15(17-16(22)6-8-26-17)18(23)21-10-14-5-2-7-25-14/h1-5,7,9,15-17H,6,8,10-11H2,(H,21,23). The minimum absolute atomic E-state index is 0.162. The molecule has 2 fully saturated rings. The first-order valence-corrected chi connectivity index (χ1v) is 8.62. The zero-order valence-corrected chi connectivity index (χ0v) is 14.1. The molecule has 7 heteroatoms. The Bertz CT molecular complexity index is 808. The Morgan fingerprint density at radius 3 is 2.92 bits per heavy atom. The van der Waals surface area contributed by atoms with E-state index in [2.05, 4.69) is 5.32 Å². The molecule has 3 unspecified atom stereocenters. The van der Waals surface area contributed by atoms with E-state index in [1.54, 1.807) is 29.4 Å². The molecule has 2 aliphatic rings. The third-order valence-electron chi connectivity index (χ3n) is 4.98. The molecule has 2 aromatic rings. The van der Waals surface area contributed by atoms with Gasteiger partial charge >= 0.3 is 0 Å². The quantitative estimate of drug-likeness (QED) is 0.907. The van der Waals surface area contributed by atoms with E-state index in [0.717, 1.165) is 0 Å². The van der Waals surface area contributed by atoms with Gasteiger partial charge in [0.15, 0.2) is 0 Å². The number of ether oxygens (including phenoxy) is 1. The first kappa shape index (κ1) is 16.8. The van der Waals surface area contributed by atoms with Gasteiger partial charge in [-0.05, 0) is 36.8 Å². The highest BCUT2D eigenvalue weighted by Crippen LogP contribution is 2.34. The maximum Gasteiger partial charge on any atom is 0.254 e. The number of carbonyl (C=O) groups excluding carboxylic acids is 2. The number of rotatable bonds is 4. The van der Waals surface area contributed by atoms with Crippen molar-refractivity contribution in [2.45, 2.75) is 25.1 Å². The van der Waals surface area contributed by atoms with Crippen molar-refractivity contribution >= 4 is 11.8 Å². The van der Waals surface area contributed by atoms with Crippen molar-refractivity contribution in [3.8, 4) is 0 Å². The average molecular weight is 358 g/mol. The van der Waals surface area contributed by atoms with Gasteiger partial charge in [0.05, 0.1) is 30.9 Å². The third kappa shape index (κ3) is 3.10. The van der Waals surface area contributed by atoms with Crippen LogP contribution < -0.4 is 5.32 Å². The molecule has 0 saturated carbocycles. The number of nitrogens with one attached hydrogen (secondary N) is 1. The first-order valence-electron chi connectivity index (χ1n) is 8.62. The molecule has 2 saturated heterocycles. The number of hydrogen-bond donors (Lipinski definition) is 1. The summed E-state index contributed by atoms with van der Waals surface area (Å²) in [4.78, 5) is 27.1. The summed E-state index contributed by atoms with van der Waals surface area (Å²) in [5, 5.41) is 2.84. The van der Waals surface area contributed by atoms with Gasteiger partial charge in [0.1, 0.15) is 11.6 Å². The molecule has 1 aromatic carbocycles. The van der Waals surface area contributed by atoms with Crippen LogP contribution in [-0.4, -0.2) is 42.0 Å². The number of amides is 2. The molecule has 136 valence electrons. The number of hydrogen-bond acceptors (Lipinski definition) is 4. The largest absolute Gasteiger partial charge is 0.467 e. The Labute approximate surface area is 149 Å². The van der Waals surface area contributed by atoms with E-state index >= 15 is 0 Å². The van der Waals surface area contributed by atoms with E-state index < -0.39 is 11.7 Å². The molecule has 3 heterocycles. The third-order valence-corrected chi connectivity index (χ3v) is 4.98. The normalized spacial score (nSPS) is 24.5. The van der Waals surface area contributed by atoms with Crippen LogP contribution in [0.1, 0.15) is 22.5 Å². The number of carbonyl (C=O) groups is 2. The monoisotopic (exact) mass is 358 g/mol. The average Bonchev–Trinajstić information content (AvgIpc) is 3.36. The first-order chi connectivity index (χ1) is 12.6. The molecule has 26 heavy (non-hydrogen) atoms. The molecule has 3 atom stereocenters. The fourth-order valence-corrected chi connectivity index (χ4v) is 3.74. The Balaban J connectivity index is 1.48. The van der Waals surface area contributed by atoms with Crippen molar-refractivity contribution in [1.29, 1.82) is 0 Å². The minimum atomic E-state index is -0.456. The van der Waals surface area contributed by atoms with E-state index in [4.69, 9.17) is 9.15 Å². The number of likely N-dealkylation sites (tertiary alicyclic amines) is 1. The topological polar surface area (TPSA) is 71.8 Å². The second-order valence-electron chi connectivity index (χ2n) is 6.56. The summed E-state index contributed by atoms with van der Waals surface area (Å²) < 4.78 is 24.4. The van der Waals surface area contributed by atoms with Gasteiger partial charge in [0, 0.05) is 18.7 Å². The number of halogens is 1. The summed E-state index contributed by atoms with van der Waals surface area (Å²) >= 11 is 0. The van der Waals surface area contributed by atoms with Gasteiger partial charge in [-0.15, -0.1) is 0 Å². The van der Waals surface area contributed by atoms with Crippen molar-refractivity contribution in [3.63, 3.8) is 0 Å².